The Hall–Kier alpha value is -2.34. The van der Waals surface area contributed by atoms with Crippen molar-refractivity contribution < 1.29 is 21.6 Å². The molecule has 0 radical (unpaired) electrons. The van der Waals surface area contributed by atoms with Gasteiger partial charge in [-0.2, -0.15) is 0 Å². The van der Waals surface area contributed by atoms with Crippen molar-refractivity contribution in [3.05, 3.63) is 36.4 Å². The van der Waals surface area contributed by atoms with E-state index < -0.39 is 29.8 Å². The second-order valence-electron chi connectivity index (χ2n) is 4.54. The number of nitrogen functional groups attached to an aromatic ring is 2. The molecule has 0 unspecified atom stereocenters. The Kier molecular flexibility index (Phi) is 4.22. The maximum absolute atomic E-state index is 11.7. The first-order valence-corrected chi connectivity index (χ1v) is 9.11. The van der Waals surface area contributed by atoms with E-state index in [1.54, 1.807) is 0 Å². The highest BCUT2D eigenvalue weighted by Crippen LogP contribution is 2.36. The molecule has 0 aliphatic rings. The van der Waals surface area contributed by atoms with Crippen LogP contribution in [0.2, 0.25) is 0 Å². The molecule has 23 heavy (non-hydrogen) atoms. The van der Waals surface area contributed by atoms with Gasteiger partial charge in [-0.25, -0.2) is 27.1 Å². The largest absolute Gasteiger partial charge is 0.454 e. The van der Waals surface area contributed by atoms with Gasteiger partial charge in [0.2, 0.25) is 20.0 Å². The van der Waals surface area contributed by atoms with E-state index in [2.05, 4.69) is 0 Å². The summed E-state index contributed by atoms with van der Waals surface area (Å²) in [7, 11) is -8.41. The lowest BCUT2D eigenvalue weighted by atomic mass is 10.3. The van der Waals surface area contributed by atoms with Crippen LogP contribution in [0.25, 0.3) is 0 Å². The monoisotopic (exact) mass is 358 g/mol. The standard InChI is InChI=1S/C12H14N4O5S2/c13-7-3-1-5-9(11(7)22(15,17)18)21-10-6-2-4-8(14)12(10)23(16,19)20/h1-6H,13-14H2,(H2,15,17,18)(H2,16,19,20). The first-order chi connectivity index (χ1) is 10.5. The lowest BCUT2D eigenvalue weighted by Crippen LogP contribution is -2.17. The van der Waals surface area contributed by atoms with Gasteiger partial charge >= 0.3 is 0 Å². The molecule has 0 aromatic heterocycles. The molecule has 0 atom stereocenters. The van der Waals surface area contributed by atoms with Crippen molar-refractivity contribution in [1.29, 1.82) is 0 Å². The highest BCUT2D eigenvalue weighted by Gasteiger charge is 2.23. The van der Waals surface area contributed by atoms with Crippen molar-refractivity contribution in [3.63, 3.8) is 0 Å². The fraction of sp³-hybridized carbons (Fsp3) is 0. The van der Waals surface area contributed by atoms with Crippen molar-refractivity contribution in [2.24, 2.45) is 10.3 Å². The van der Waals surface area contributed by atoms with Gasteiger partial charge in [-0.15, -0.1) is 0 Å². The fourth-order valence-electron chi connectivity index (χ4n) is 1.95. The first-order valence-electron chi connectivity index (χ1n) is 6.02. The molecule has 0 aliphatic carbocycles. The van der Waals surface area contributed by atoms with Crippen LogP contribution in [0.4, 0.5) is 11.4 Å². The third kappa shape index (κ3) is 3.53. The molecule has 2 aromatic carbocycles. The molecule has 2 aromatic rings. The summed E-state index contributed by atoms with van der Waals surface area (Å²) < 4.78 is 52.0. The van der Waals surface area contributed by atoms with Gasteiger partial charge in [0.15, 0.2) is 0 Å². The van der Waals surface area contributed by atoms with Gasteiger partial charge < -0.3 is 16.2 Å². The number of benzene rings is 2. The predicted molar refractivity (Wildman–Crippen MR) is 84.5 cm³/mol. The van der Waals surface area contributed by atoms with E-state index in [4.69, 9.17) is 26.5 Å². The molecule has 8 N–H and O–H groups in total. The van der Waals surface area contributed by atoms with Crippen LogP contribution in [-0.4, -0.2) is 16.8 Å². The number of ether oxygens (including phenoxy) is 1. The molecular weight excluding hydrogens is 344 g/mol. The molecule has 0 spiro atoms. The molecule has 11 heteroatoms. The topological polar surface area (TPSA) is 182 Å². The summed E-state index contributed by atoms with van der Waals surface area (Å²) in [5.74, 6) is -0.494. The van der Waals surface area contributed by atoms with Gasteiger partial charge in [0.05, 0.1) is 11.4 Å². The number of hydrogen-bond donors (Lipinski definition) is 4. The minimum absolute atomic E-state index is 0.147. The Balaban J connectivity index is 2.68. The lowest BCUT2D eigenvalue weighted by Gasteiger charge is -2.14. The Morgan fingerprint density at radius 2 is 1.04 bits per heavy atom. The Morgan fingerprint density at radius 1 is 0.696 bits per heavy atom. The van der Waals surface area contributed by atoms with Crippen LogP contribution < -0.4 is 26.5 Å². The highest BCUT2D eigenvalue weighted by molar-refractivity contribution is 7.89. The second kappa shape index (κ2) is 5.70. The zero-order valence-electron chi connectivity index (χ0n) is 11.6. The normalized spacial score (nSPS) is 12.1. The van der Waals surface area contributed by atoms with Crippen LogP contribution in [0.1, 0.15) is 0 Å². The lowest BCUT2D eigenvalue weighted by molar-refractivity contribution is 0.455. The fourth-order valence-corrected chi connectivity index (χ4v) is 3.53. The summed E-state index contributed by atoms with van der Waals surface area (Å²) in [4.78, 5) is -0.939. The van der Waals surface area contributed by atoms with Crippen LogP contribution in [0, 0.1) is 0 Å². The summed E-state index contributed by atoms with van der Waals surface area (Å²) in [6.45, 7) is 0. The second-order valence-corrected chi connectivity index (χ2v) is 7.54. The molecular formula is C12H14N4O5S2. The third-order valence-corrected chi connectivity index (χ3v) is 4.82. The Labute approximate surface area is 132 Å². The van der Waals surface area contributed by atoms with Crippen LogP contribution in [0.15, 0.2) is 46.2 Å². The minimum atomic E-state index is -4.20. The van der Waals surface area contributed by atoms with Gasteiger partial charge in [0.25, 0.3) is 0 Å². The maximum atomic E-state index is 11.7. The molecule has 0 saturated carbocycles. The maximum Gasteiger partial charge on any atom is 0.243 e. The van der Waals surface area contributed by atoms with Crippen molar-refractivity contribution >= 4 is 31.4 Å². The van der Waals surface area contributed by atoms with Crippen molar-refractivity contribution in [1.82, 2.24) is 0 Å². The van der Waals surface area contributed by atoms with Gasteiger partial charge in [-0.1, -0.05) is 12.1 Å². The molecule has 0 saturated heterocycles. The van der Waals surface area contributed by atoms with Crippen LogP contribution in [0.5, 0.6) is 11.5 Å². The molecule has 0 aliphatic heterocycles. The number of sulfonamides is 2. The van der Waals surface area contributed by atoms with Gasteiger partial charge in [-0.05, 0) is 24.3 Å². The molecule has 124 valence electrons. The minimum Gasteiger partial charge on any atom is -0.454 e. The van der Waals surface area contributed by atoms with E-state index in [0.29, 0.717) is 0 Å². The predicted octanol–water partition coefficient (Wildman–Crippen LogP) is -0.0619. The SMILES string of the molecule is Nc1cccc(Oc2cccc(N)c2S(N)(=O)=O)c1S(N)(=O)=O. The van der Waals surface area contributed by atoms with Gasteiger partial charge in [0.1, 0.15) is 21.3 Å². The van der Waals surface area contributed by atoms with E-state index in [0.717, 1.165) is 0 Å². The van der Waals surface area contributed by atoms with Crippen LogP contribution >= 0.6 is 0 Å². The van der Waals surface area contributed by atoms with E-state index in [1.165, 1.54) is 36.4 Å². The summed E-state index contributed by atoms with van der Waals surface area (Å²) in [6, 6.07) is 8.00. The van der Waals surface area contributed by atoms with Crippen LogP contribution in [0.3, 0.4) is 0 Å². The van der Waals surface area contributed by atoms with Crippen molar-refractivity contribution in [3.8, 4) is 11.5 Å². The number of anilines is 2. The number of primary sulfonamides is 2. The Morgan fingerprint density at radius 3 is 1.35 bits per heavy atom. The summed E-state index contributed by atoms with van der Waals surface area (Å²) >= 11 is 0. The zero-order chi connectivity index (χ0) is 17.4. The summed E-state index contributed by atoms with van der Waals surface area (Å²) in [5, 5.41) is 10.2. The third-order valence-electron chi connectivity index (χ3n) is 2.81. The van der Waals surface area contributed by atoms with E-state index in [1.807, 2.05) is 0 Å². The first kappa shape index (κ1) is 17.0. The smallest absolute Gasteiger partial charge is 0.243 e. The van der Waals surface area contributed by atoms with E-state index in [9.17, 15) is 16.8 Å². The zero-order valence-corrected chi connectivity index (χ0v) is 13.3. The van der Waals surface area contributed by atoms with Crippen molar-refractivity contribution in [2.45, 2.75) is 9.79 Å². The average Bonchev–Trinajstić information content (AvgIpc) is 2.35. The van der Waals surface area contributed by atoms with E-state index >= 15 is 0 Å². The quantitative estimate of drug-likeness (QED) is 0.552. The molecule has 9 nitrogen and oxygen atoms in total. The molecule has 2 rings (SSSR count). The number of hydrogen-bond acceptors (Lipinski definition) is 7. The number of nitrogens with two attached hydrogens (primary N) is 4. The highest BCUT2D eigenvalue weighted by atomic mass is 32.2. The van der Waals surface area contributed by atoms with E-state index in [-0.39, 0.29) is 22.9 Å². The molecule has 0 heterocycles. The Bertz CT molecular complexity index is 891. The van der Waals surface area contributed by atoms with Gasteiger partial charge in [0, 0.05) is 0 Å². The van der Waals surface area contributed by atoms with Crippen LogP contribution in [-0.2, 0) is 20.0 Å². The van der Waals surface area contributed by atoms with Crippen molar-refractivity contribution in [2.75, 3.05) is 11.5 Å². The molecule has 0 fully saturated rings. The summed E-state index contributed by atoms with van der Waals surface area (Å²) in [5.41, 5.74) is 10.9. The summed E-state index contributed by atoms with van der Waals surface area (Å²) in [6.07, 6.45) is 0. The average molecular weight is 358 g/mol. The molecule has 0 bridgehead atoms. The van der Waals surface area contributed by atoms with Gasteiger partial charge in [-0.3, -0.25) is 0 Å². The number of rotatable bonds is 4. The molecule has 0 amide bonds.